The topological polar surface area (TPSA) is 97.1 Å². The maximum atomic E-state index is 14.8. The van der Waals surface area contributed by atoms with Gasteiger partial charge in [0.2, 0.25) is 6.10 Å². The quantitative estimate of drug-likeness (QED) is 0.263. The second-order valence-electron chi connectivity index (χ2n) is 10.9. The van der Waals surface area contributed by atoms with Gasteiger partial charge in [-0.25, -0.2) is 14.2 Å². The third-order valence-corrected chi connectivity index (χ3v) is 8.56. The minimum atomic E-state index is -3.13. The van der Waals surface area contributed by atoms with Crippen molar-refractivity contribution in [3.63, 3.8) is 0 Å². The highest BCUT2D eigenvalue weighted by Gasteiger charge is 2.38. The Morgan fingerprint density at radius 3 is 2.57 bits per heavy atom. The summed E-state index contributed by atoms with van der Waals surface area (Å²) in [5.74, 6) is -1.33. The number of hydrogen-bond acceptors (Lipinski definition) is 6. The molecule has 0 spiro atoms. The Labute approximate surface area is 255 Å². The Hall–Kier alpha value is -4.29. The summed E-state index contributed by atoms with van der Waals surface area (Å²) in [5, 5.41) is 9.67. The fourth-order valence-electron chi connectivity index (χ4n) is 5.99. The van der Waals surface area contributed by atoms with E-state index in [4.69, 9.17) is 16.3 Å². The maximum Gasteiger partial charge on any atom is 0.387 e. The minimum Gasteiger partial charge on any atom is -0.478 e. The average molecular weight is 629 g/mol. The van der Waals surface area contributed by atoms with E-state index in [2.05, 4.69) is 14.6 Å². The minimum absolute atomic E-state index is 0.100. The third-order valence-electron chi connectivity index (χ3n) is 8.32. The van der Waals surface area contributed by atoms with E-state index in [0.717, 1.165) is 30.5 Å². The first-order chi connectivity index (χ1) is 21.0. The molecule has 4 aromatic rings. The molecule has 6 rings (SSSR count). The van der Waals surface area contributed by atoms with Crippen molar-refractivity contribution in [3.8, 4) is 11.5 Å². The number of fused-ring (bicyclic) bond motifs is 2. The first-order valence-corrected chi connectivity index (χ1v) is 14.3. The molecule has 1 atom stereocenters. The third kappa shape index (κ3) is 5.43. The second kappa shape index (κ2) is 11.7. The molecule has 2 aliphatic rings. The number of aromatic carboxylic acids is 1. The molecule has 3 heterocycles. The first kappa shape index (κ1) is 29.8. The number of carboxylic acids is 1. The van der Waals surface area contributed by atoms with Crippen LogP contribution >= 0.6 is 11.6 Å². The number of likely N-dealkylation sites (N-methyl/N-ethyl adjacent to an activating group) is 1. The Morgan fingerprint density at radius 1 is 1.14 bits per heavy atom. The number of ether oxygens (including phenoxy) is 2. The van der Waals surface area contributed by atoms with E-state index in [9.17, 15) is 27.9 Å². The largest absolute Gasteiger partial charge is 0.478 e. The van der Waals surface area contributed by atoms with Gasteiger partial charge in [0.1, 0.15) is 22.9 Å². The van der Waals surface area contributed by atoms with Crippen LogP contribution < -0.4 is 14.4 Å². The fourth-order valence-corrected chi connectivity index (χ4v) is 6.15. The number of halogens is 4. The zero-order chi connectivity index (χ0) is 31.3. The van der Waals surface area contributed by atoms with Crippen LogP contribution in [0, 0.1) is 5.82 Å². The van der Waals surface area contributed by atoms with E-state index in [1.807, 2.05) is 12.1 Å². The number of amides is 1. The van der Waals surface area contributed by atoms with Gasteiger partial charge in [-0.3, -0.25) is 9.69 Å². The molecular formula is C31H28ClF3N4O5. The number of likely N-dealkylation sites (tertiary alicyclic amines) is 1. The lowest BCUT2D eigenvalue weighted by Gasteiger charge is -2.37. The number of carbonyl (C=O) groups excluding carboxylic acids is 1. The number of carbonyl (C=O) groups is 2. The lowest BCUT2D eigenvalue weighted by molar-refractivity contribution is -0.126. The number of imidazole rings is 1. The van der Waals surface area contributed by atoms with Crippen LogP contribution in [0.3, 0.4) is 0 Å². The van der Waals surface area contributed by atoms with Gasteiger partial charge < -0.3 is 24.0 Å². The predicted molar refractivity (Wildman–Crippen MR) is 156 cm³/mol. The van der Waals surface area contributed by atoms with Crippen molar-refractivity contribution in [3.05, 3.63) is 81.9 Å². The van der Waals surface area contributed by atoms with Gasteiger partial charge in [0.05, 0.1) is 23.3 Å². The van der Waals surface area contributed by atoms with E-state index in [-0.39, 0.29) is 39.2 Å². The fraction of sp³-hybridized carbons (Fsp3) is 0.323. The molecule has 1 aromatic heterocycles. The highest BCUT2D eigenvalue weighted by atomic mass is 35.5. The molecule has 0 bridgehead atoms. The number of para-hydroxylation sites is 1. The Kier molecular flexibility index (Phi) is 7.89. The van der Waals surface area contributed by atoms with Gasteiger partial charge in [-0.05, 0) is 67.7 Å². The summed E-state index contributed by atoms with van der Waals surface area (Å²) in [6, 6.07) is 12.2. The molecule has 1 saturated heterocycles. The van der Waals surface area contributed by atoms with Crippen molar-refractivity contribution in [2.45, 2.75) is 38.0 Å². The monoisotopic (exact) mass is 628 g/mol. The molecule has 0 unspecified atom stereocenters. The van der Waals surface area contributed by atoms with E-state index < -0.39 is 24.5 Å². The number of hydrogen-bond donors (Lipinski definition) is 1. The summed E-state index contributed by atoms with van der Waals surface area (Å²) < 4.78 is 53.5. The predicted octanol–water partition coefficient (Wildman–Crippen LogP) is 6.14. The maximum absolute atomic E-state index is 14.8. The summed E-state index contributed by atoms with van der Waals surface area (Å²) in [4.78, 5) is 32.9. The van der Waals surface area contributed by atoms with Gasteiger partial charge in [0, 0.05) is 24.7 Å². The highest BCUT2D eigenvalue weighted by Crippen LogP contribution is 2.46. The van der Waals surface area contributed by atoms with Crippen molar-refractivity contribution >= 4 is 40.2 Å². The van der Waals surface area contributed by atoms with Crippen LogP contribution in [0.2, 0.25) is 5.02 Å². The van der Waals surface area contributed by atoms with Gasteiger partial charge in [-0.2, -0.15) is 8.78 Å². The number of carboxylic acid groups (broad SMARTS) is 1. The zero-order valence-corrected chi connectivity index (χ0v) is 24.5. The molecule has 230 valence electrons. The molecule has 44 heavy (non-hydrogen) atoms. The number of piperidine rings is 1. The summed E-state index contributed by atoms with van der Waals surface area (Å²) in [5.41, 5.74) is 2.03. The number of anilines is 1. The van der Waals surface area contributed by atoms with E-state index in [1.54, 1.807) is 24.7 Å². The van der Waals surface area contributed by atoms with Crippen LogP contribution in [0.1, 0.15) is 52.2 Å². The molecule has 0 saturated carbocycles. The Balaban J connectivity index is 1.21. The lowest BCUT2D eigenvalue weighted by Crippen LogP contribution is -2.39. The smallest absolute Gasteiger partial charge is 0.387 e. The zero-order valence-electron chi connectivity index (χ0n) is 23.8. The molecule has 3 aromatic carbocycles. The number of nitrogens with zero attached hydrogens (tertiary/aromatic N) is 4. The van der Waals surface area contributed by atoms with Gasteiger partial charge in [0.25, 0.3) is 5.91 Å². The normalized spacial score (nSPS) is 17.7. The lowest BCUT2D eigenvalue weighted by atomic mass is 9.87. The van der Waals surface area contributed by atoms with Crippen LogP contribution in [0.5, 0.6) is 11.5 Å². The number of aryl methyl sites for hydroxylation is 1. The van der Waals surface area contributed by atoms with Crippen molar-refractivity contribution in [1.29, 1.82) is 0 Å². The molecular weight excluding hydrogens is 601 g/mol. The average Bonchev–Trinajstić information content (AvgIpc) is 3.30. The number of alkyl halides is 2. The van der Waals surface area contributed by atoms with Crippen LogP contribution in [0.4, 0.5) is 18.9 Å². The molecule has 1 amide bonds. The van der Waals surface area contributed by atoms with E-state index in [1.165, 1.54) is 23.1 Å². The van der Waals surface area contributed by atoms with Crippen molar-refractivity contribution < 1.29 is 37.3 Å². The summed E-state index contributed by atoms with van der Waals surface area (Å²) in [6.45, 7) is -1.35. The van der Waals surface area contributed by atoms with Crippen LogP contribution in [-0.4, -0.2) is 58.2 Å². The Bertz CT molecular complexity index is 1770. The SMILES string of the molecule is CN1C(=O)[C@@H](c2ccc(Cl)cc2F)Oc2c(C3CCN(Cc4nc5c(OC(F)F)cc(C(=O)O)cc5n4C)CC3)cccc21. The number of rotatable bonds is 7. The molecule has 2 aliphatic heterocycles. The molecule has 13 heteroatoms. The van der Waals surface area contributed by atoms with Gasteiger partial charge in [-0.15, -0.1) is 0 Å². The number of aromatic nitrogens is 2. The first-order valence-electron chi connectivity index (χ1n) is 13.9. The van der Waals surface area contributed by atoms with Gasteiger partial charge in [-0.1, -0.05) is 29.8 Å². The van der Waals surface area contributed by atoms with Crippen LogP contribution in [-0.2, 0) is 18.4 Å². The summed E-state index contributed by atoms with van der Waals surface area (Å²) in [6.07, 6.45) is 0.360. The van der Waals surface area contributed by atoms with Crippen LogP contribution in [0.25, 0.3) is 11.0 Å². The van der Waals surface area contributed by atoms with E-state index >= 15 is 0 Å². The van der Waals surface area contributed by atoms with Crippen molar-refractivity contribution in [2.75, 3.05) is 25.0 Å². The van der Waals surface area contributed by atoms with Crippen molar-refractivity contribution in [2.24, 2.45) is 7.05 Å². The molecule has 0 radical (unpaired) electrons. The van der Waals surface area contributed by atoms with Gasteiger partial charge in [0.15, 0.2) is 5.75 Å². The number of benzene rings is 3. The summed E-state index contributed by atoms with van der Waals surface area (Å²) >= 11 is 5.92. The van der Waals surface area contributed by atoms with Crippen LogP contribution in [0.15, 0.2) is 48.5 Å². The highest BCUT2D eigenvalue weighted by molar-refractivity contribution is 6.30. The standard InChI is InChI=1S/C31H28ClF3N4O5/c1-37-23-12-17(30(41)42)13-24(43-31(34)35)26(23)36-25(37)15-39-10-8-16(9-11-39)19-4-3-5-22-27(19)44-28(29(40)38(22)2)20-7-6-18(32)14-21(20)33/h3-7,12-14,16,28,31H,8-11,15H2,1-2H3,(H,41,42)/t28-/m1/s1. The molecule has 0 aliphatic carbocycles. The molecule has 9 nitrogen and oxygen atoms in total. The van der Waals surface area contributed by atoms with E-state index in [0.29, 0.717) is 42.4 Å². The molecule has 1 N–H and O–H groups in total. The second-order valence-corrected chi connectivity index (χ2v) is 11.4. The van der Waals surface area contributed by atoms with Gasteiger partial charge >= 0.3 is 12.6 Å². The summed E-state index contributed by atoms with van der Waals surface area (Å²) in [7, 11) is 3.35. The Morgan fingerprint density at radius 2 is 1.89 bits per heavy atom. The van der Waals surface area contributed by atoms with Crippen molar-refractivity contribution in [1.82, 2.24) is 14.5 Å². The molecule has 1 fully saturated rings.